The molecule has 2 aromatic rings. The summed E-state index contributed by atoms with van der Waals surface area (Å²) in [7, 11) is 0. The van der Waals surface area contributed by atoms with Gasteiger partial charge in [-0.25, -0.2) is 4.39 Å². The van der Waals surface area contributed by atoms with Crippen LogP contribution >= 0.6 is 0 Å². The number of hydrogen-bond donors (Lipinski definition) is 2. The van der Waals surface area contributed by atoms with Gasteiger partial charge in [-0.05, 0) is 30.7 Å². The Kier molecular flexibility index (Phi) is 3.74. The highest BCUT2D eigenvalue weighted by molar-refractivity contribution is 5.41. The van der Waals surface area contributed by atoms with Gasteiger partial charge in [0.1, 0.15) is 18.2 Å². The van der Waals surface area contributed by atoms with Crippen molar-refractivity contribution in [1.29, 1.82) is 0 Å². The van der Waals surface area contributed by atoms with Gasteiger partial charge < -0.3 is 10.2 Å². The standard InChI is InChI=1S/C13H14FN3O/c1-9-2-3-12(7-13(9)14)18-8-11-6-10(17-15)4-5-16-11/h2-7H,8,15H2,1H3,(H,16,17). The number of aromatic nitrogens is 1. The molecular weight excluding hydrogens is 233 g/mol. The van der Waals surface area contributed by atoms with E-state index in [1.807, 2.05) is 0 Å². The van der Waals surface area contributed by atoms with Crippen LogP contribution in [0.15, 0.2) is 36.5 Å². The zero-order chi connectivity index (χ0) is 13.0. The third-order valence-corrected chi connectivity index (χ3v) is 2.51. The first-order valence-corrected chi connectivity index (χ1v) is 5.49. The van der Waals surface area contributed by atoms with E-state index in [-0.39, 0.29) is 12.4 Å². The predicted molar refractivity (Wildman–Crippen MR) is 67.5 cm³/mol. The van der Waals surface area contributed by atoms with E-state index in [1.54, 1.807) is 37.4 Å². The van der Waals surface area contributed by atoms with Crippen molar-refractivity contribution in [2.75, 3.05) is 5.43 Å². The first-order valence-electron chi connectivity index (χ1n) is 5.49. The van der Waals surface area contributed by atoms with Crippen molar-refractivity contribution < 1.29 is 9.13 Å². The number of rotatable bonds is 4. The SMILES string of the molecule is Cc1ccc(OCc2cc(NN)ccn2)cc1F. The van der Waals surface area contributed by atoms with Gasteiger partial charge >= 0.3 is 0 Å². The van der Waals surface area contributed by atoms with Crippen LogP contribution in [0, 0.1) is 12.7 Å². The lowest BCUT2D eigenvalue weighted by Gasteiger charge is -2.07. The van der Waals surface area contributed by atoms with Crippen molar-refractivity contribution in [3.05, 3.63) is 53.6 Å². The average Bonchev–Trinajstić information content (AvgIpc) is 2.40. The van der Waals surface area contributed by atoms with E-state index >= 15 is 0 Å². The molecule has 2 rings (SSSR count). The van der Waals surface area contributed by atoms with Crippen molar-refractivity contribution in [1.82, 2.24) is 4.98 Å². The third-order valence-electron chi connectivity index (χ3n) is 2.51. The molecule has 0 amide bonds. The van der Waals surface area contributed by atoms with E-state index in [2.05, 4.69) is 10.4 Å². The van der Waals surface area contributed by atoms with Gasteiger partial charge in [-0.15, -0.1) is 0 Å². The summed E-state index contributed by atoms with van der Waals surface area (Å²) in [5.41, 5.74) is 4.58. The van der Waals surface area contributed by atoms with Gasteiger partial charge in [0.05, 0.1) is 11.4 Å². The lowest BCUT2D eigenvalue weighted by Crippen LogP contribution is -2.08. The molecule has 94 valence electrons. The fraction of sp³-hybridized carbons (Fsp3) is 0.154. The topological polar surface area (TPSA) is 60.2 Å². The molecule has 0 radical (unpaired) electrons. The van der Waals surface area contributed by atoms with E-state index in [4.69, 9.17) is 10.6 Å². The number of ether oxygens (including phenoxy) is 1. The van der Waals surface area contributed by atoms with Crippen LogP contribution in [0.3, 0.4) is 0 Å². The van der Waals surface area contributed by atoms with E-state index in [1.165, 1.54) is 6.07 Å². The van der Waals surface area contributed by atoms with Crippen LogP contribution in [0.25, 0.3) is 0 Å². The number of aryl methyl sites for hydroxylation is 1. The summed E-state index contributed by atoms with van der Waals surface area (Å²) >= 11 is 0. The molecule has 1 aromatic heterocycles. The molecule has 0 fully saturated rings. The molecule has 18 heavy (non-hydrogen) atoms. The van der Waals surface area contributed by atoms with Crippen molar-refractivity contribution in [2.24, 2.45) is 5.84 Å². The van der Waals surface area contributed by atoms with E-state index < -0.39 is 0 Å². The summed E-state index contributed by atoms with van der Waals surface area (Å²) in [4.78, 5) is 4.13. The minimum absolute atomic E-state index is 0.262. The number of nitrogens with one attached hydrogen (secondary N) is 1. The van der Waals surface area contributed by atoms with Crippen LogP contribution in [0.4, 0.5) is 10.1 Å². The van der Waals surface area contributed by atoms with Crippen LogP contribution in [-0.4, -0.2) is 4.98 Å². The Morgan fingerprint density at radius 1 is 1.33 bits per heavy atom. The minimum atomic E-state index is -0.280. The molecule has 0 unspecified atom stereocenters. The second-order valence-corrected chi connectivity index (χ2v) is 3.88. The number of nitrogen functional groups attached to an aromatic ring is 1. The Morgan fingerprint density at radius 2 is 2.17 bits per heavy atom. The highest BCUT2D eigenvalue weighted by Crippen LogP contribution is 2.17. The van der Waals surface area contributed by atoms with Crippen LogP contribution in [0.1, 0.15) is 11.3 Å². The normalized spacial score (nSPS) is 10.2. The first kappa shape index (κ1) is 12.3. The molecule has 0 spiro atoms. The number of anilines is 1. The lowest BCUT2D eigenvalue weighted by molar-refractivity contribution is 0.299. The van der Waals surface area contributed by atoms with Crippen LogP contribution in [0.5, 0.6) is 5.75 Å². The van der Waals surface area contributed by atoms with Gasteiger partial charge in [0, 0.05) is 12.3 Å². The monoisotopic (exact) mass is 247 g/mol. The molecule has 1 heterocycles. The van der Waals surface area contributed by atoms with Gasteiger partial charge in [0.2, 0.25) is 0 Å². The molecule has 0 aliphatic carbocycles. The summed E-state index contributed by atoms with van der Waals surface area (Å²) in [5, 5.41) is 0. The fourth-order valence-electron chi connectivity index (χ4n) is 1.47. The van der Waals surface area contributed by atoms with E-state index in [9.17, 15) is 4.39 Å². The minimum Gasteiger partial charge on any atom is -0.487 e. The van der Waals surface area contributed by atoms with E-state index in [0.29, 0.717) is 17.0 Å². The number of hydrazine groups is 1. The molecular formula is C13H14FN3O. The predicted octanol–water partition coefficient (Wildman–Crippen LogP) is 2.39. The quantitative estimate of drug-likeness (QED) is 0.643. The second kappa shape index (κ2) is 5.46. The number of pyridine rings is 1. The summed E-state index contributed by atoms with van der Waals surface area (Å²) in [6.45, 7) is 1.97. The maximum absolute atomic E-state index is 13.3. The molecule has 0 saturated heterocycles. The largest absolute Gasteiger partial charge is 0.487 e. The molecule has 1 aromatic carbocycles. The first-order chi connectivity index (χ1) is 8.69. The Hall–Kier alpha value is -2.14. The third kappa shape index (κ3) is 2.95. The molecule has 0 atom stereocenters. The summed E-state index contributed by atoms with van der Waals surface area (Å²) in [6.07, 6.45) is 1.63. The molecule has 0 aliphatic rings. The van der Waals surface area contributed by atoms with Crippen LogP contribution in [-0.2, 0) is 6.61 Å². The summed E-state index contributed by atoms with van der Waals surface area (Å²) in [5.74, 6) is 5.49. The average molecular weight is 247 g/mol. The smallest absolute Gasteiger partial charge is 0.130 e. The summed E-state index contributed by atoms with van der Waals surface area (Å²) in [6, 6.07) is 8.28. The highest BCUT2D eigenvalue weighted by atomic mass is 19.1. The maximum atomic E-state index is 13.3. The van der Waals surface area contributed by atoms with Crippen molar-refractivity contribution in [3.8, 4) is 5.75 Å². The fourth-order valence-corrected chi connectivity index (χ4v) is 1.47. The molecule has 0 bridgehead atoms. The number of nitrogens with two attached hydrogens (primary N) is 1. The number of benzene rings is 1. The van der Waals surface area contributed by atoms with Gasteiger partial charge in [-0.3, -0.25) is 10.8 Å². The maximum Gasteiger partial charge on any atom is 0.130 e. The van der Waals surface area contributed by atoms with Crippen LogP contribution in [0.2, 0.25) is 0 Å². The number of hydrogen-bond acceptors (Lipinski definition) is 4. The highest BCUT2D eigenvalue weighted by Gasteiger charge is 2.02. The summed E-state index contributed by atoms with van der Waals surface area (Å²) < 4.78 is 18.8. The van der Waals surface area contributed by atoms with Crippen molar-refractivity contribution in [3.63, 3.8) is 0 Å². The van der Waals surface area contributed by atoms with E-state index in [0.717, 1.165) is 5.69 Å². The second-order valence-electron chi connectivity index (χ2n) is 3.88. The van der Waals surface area contributed by atoms with Gasteiger partial charge in [-0.1, -0.05) is 6.07 Å². The lowest BCUT2D eigenvalue weighted by atomic mass is 10.2. The molecule has 0 saturated carbocycles. The molecule has 4 nitrogen and oxygen atoms in total. The Balaban J connectivity index is 2.04. The zero-order valence-corrected chi connectivity index (χ0v) is 9.98. The Bertz CT molecular complexity index is 546. The number of halogens is 1. The number of nitrogens with zero attached hydrogens (tertiary/aromatic N) is 1. The van der Waals surface area contributed by atoms with Gasteiger partial charge in [0.15, 0.2) is 0 Å². The van der Waals surface area contributed by atoms with Crippen molar-refractivity contribution >= 4 is 5.69 Å². The molecule has 5 heteroatoms. The molecule has 3 N–H and O–H groups in total. The van der Waals surface area contributed by atoms with Gasteiger partial charge in [-0.2, -0.15) is 0 Å². The Labute approximate surface area is 105 Å². The van der Waals surface area contributed by atoms with Crippen LogP contribution < -0.4 is 16.0 Å². The Morgan fingerprint density at radius 3 is 2.89 bits per heavy atom. The molecule has 0 aliphatic heterocycles. The van der Waals surface area contributed by atoms with Gasteiger partial charge in [0.25, 0.3) is 0 Å². The zero-order valence-electron chi connectivity index (χ0n) is 9.98. The van der Waals surface area contributed by atoms with Crippen molar-refractivity contribution in [2.45, 2.75) is 13.5 Å².